The summed E-state index contributed by atoms with van der Waals surface area (Å²) < 4.78 is 4.56. The third kappa shape index (κ3) is 5.92. The number of hydrogen-bond donors (Lipinski definition) is 1. The van der Waals surface area contributed by atoms with Crippen molar-refractivity contribution in [1.82, 2.24) is 0 Å². The standard InChI is InChI=1S/C5H10O2/c1-4-7-5(2,3)6/h2,6H,4H2,1,3H3. The van der Waals surface area contributed by atoms with E-state index in [4.69, 9.17) is 12.0 Å². The molecule has 0 aliphatic rings. The molecule has 0 heterocycles. The first-order valence-corrected chi connectivity index (χ1v) is 2.21. The lowest BCUT2D eigenvalue weighted by Gasteiger charge is -2.15. The highest BCUT2D eigenvalue weighted by atomic mass is 16.6. The molecule has 0 spiro atoms. The number of hydrogen-bond acceptors (Lipinski definition) is 2. The van der Waals surface area contributed by atoms with Crippen LogP contribution in [0.15, 0.2) is 0 Å². The molecule has 1 unspecified atom stereocenters. The van der Waals surface area contributed by atoms with Gasteiger partial charge in [-0.3, -0.25) is 0 Å². The predicted molar refractivity (Wildman–Crippen MR) is 26.5 cm³/mol. The van der Waals surface area contributed by atoms with E-state index in [0.717, 1.165) is 0 Å². The first-order chi connectivity index (χ1) is 3.06. The van der Waals surface area contributed by atoms with Crippen LogP contribution in [0.25, 0.3) is 0 Å². The largest absolute Gasteiger partial charge is 0.365 e. The molecule has 0 bridgehead atoms. The average molecular weight is 102 g/mol. The van der Waals surface area contributed by atoms with Crippen molar-refractivity contribution in [3.05, 3.63) is 6.92 Å². The van der Waals surface area contributed by atoms with Gasteiger partial charge in [0.05, 0.1) is 0 Å². The van der Waals surface area contributed by atoms with Crippen LogP contribution in [-0.2, 0) is 4.74 Å². The molecule has 0 aliphatic carbocycles. The lowest BCUT2D eigenvalue weighted by molar-refractivity contribution is -0.151. The molecular formula is C5H10O2. The van der Waals surface area contributed by atoms with E-state index in [0.29, 0.717) is 6.61 Å². The van der Waals surface area contributed by atoms with Crippen LogP contribution >= 0.6 is 0 Å². The molecule has 0 rings (SSSR count). The van der Waals surface area contributed by atoms with Gasteiger partial charge >= 0.3 is 0 Å². The summed E-state index contributed by atoms with van der Waals surface area (Å²) in [5, 5.41) is 8.57. The summed E-state index contributed by atoms with van der Waals surface area (Å²) in [6, 6.07) is 0. The Bertz CT molecular complexity index is 44.5. The van der Waals surface area contributed by atoms with Gasteiger partial charge in [0.2, 0.25) is 0 Å². The number of rotatable bonds is 2. The highest BCUT2D eigenvalue weighted by molar-refractivity contribution is 4.59. The second kappa shape index (κ2) is 2.28. The van der Waals surface area contributed by atoms with E-state index in [1.54, 1.807) is 6.92 Å². The van der Waals surface area contributed by atoms with Gasteiger partial charge in [0.25, 0.3) is 0 Å². The van der Waals surface area contributed by atoms with Gasteiger partial charge in [-0.2, -0.15) is 0 Å². The van der Waals surface area contributed by atoms with Gasteiger partial charge in [-0.15, -0.1) is 0 Å². The van der Waals surface area contributed by atoms with Crippen LogP contribution in [0, 0.1) is 6.92 Å². The molecule has 1 N–H and O–H groups in total. The molecule has 7 heavy (non-hydrogen) atoms. The van der Waals surface area contributed by atoms with Gasteiger partial charge in [-0.05, 0) is 13.8 Å². The summed E-state index contributed by atoms with van der Waals surface area (Å²) in [7, 11) is 0. The molecule has 2 heteroatoms. The van der Waals surface area contributed by atoms with Gasteiger partial charge in [0.1, 0.15) is 0 Å². The van der Waals surface area contributed by atoms with E-state index < -0.39 is 5.79 Å². The van der Waals surface area contributed by atoms with E-state index in [2.05, 4.69) is 4.74 Å². The molecule has 42 valence electrons. The van der Waals surface area contributed by atoms with Crippen LogP contribution in [0.4, 0.5) is 0 Å². The van der Waals surface area contributed by atoms with Crippen LogP contribution in [0.5, 0.6) is 0 Å². The van der Waals surface area contributed by atoms with Gasteiger partial charge < -0.3 is 9.84 Å². The van der Waals surface area contributed by atoms with Crippen molar-refractivity contribution in [2.24, 2.45) is 0 Å². The van der Waals surface area contributed by atoms with E-state index in [1.165, 1.54) is 6.92 Å². The Kier molecular flexibility index (Phi) is 2.26. The maximum Gasteiger partial charge on any atom is 0.166 e. The van der Waals surface area contributed by atoms with Crippen LogP contribution in [0.1, 0.15) is 13.8 Å². The van der Waals surface area contributed by atoms with Gasteiger partial charge in [0.15, 0.2) is 5.79 Å². The fraction of sp³-hybridized carbons (Fsp3) is 0.800. The third-order valence-corrected chi connectivity index (χ3v) is 0.437. The van der Waals surface area contributed by atoms with Gasteiger partial charge in [-0.25, -0.2) is 0 Å². The van der Waals surface area contributed by atoms with E-state index in [1.807, 2.05) is 0 Å². The fourth-order valence-corrected chi connectivity index (χ4v) is 0.292. The summed E-state index contributed by atoms with van der Waals surface area (Å²) in [4.78, 5) is 0. The van der Waals surface area contributed by atoms with Crippen molar-refractivity contribution in [3.63, 3.8) is 0 Å². The minimum Gasteiger partial charge on any atom is -0.365 e. The second-order valence-electron chi connectivity index (χ2n) is 1.49. The minimum atomic E-state index is -1.45. The van der Waals surface area contributed by atoms with Crippen molar-refractivity contribution >= 4 is 0 Å². The monoisotopic (exact) mass is 102 g/mol. The summed E-state index contributed by atoms with van der Waals surface area (Å²) in [5.74, 6) is -1.45. The minimum absolute atomic E-state index is 0.434. The molecule has 2 nitrogen and oxygen atoms in total. The number of ether oxygens (including phenoxy) is 1. The van der Waals surface area contributed by atoms with Crippen molar-refractivity contribution in [3.8, 4) is 0 Å². The molecule has 0 fully saturated rings. The maximum atomic E-state index is 8.57. The molecule has 0 aromatic rings. The Morgan fingerprint density at radius 3 is 2.29 bits per heavy atom. The van der Waals surface area contributed by atoms with Crippen LogP contribution < -0.4 is 0 Å². The van der Waals surface area contributed by atoms with Crippen molar-refractivity contribution in [1.29, 1.82) is 0 Å². The Balaban J connectivity index is 3.15. The zero-order valence-electron chi connectivity index (χ0n) is 4.64. The normalized spacial score (nSPS) is 12.0. The van der Waals surface area contributed by atoms with E-state index in [-0.39, 0.29) is 0 Å². The van der Waals surface area contributed by atoms with Crippen molar-refractivity contribution < 1.29 is 9.84 Å². The predicted octanol–water partition coefficient (Wildman–Crippen LogP) is 0.442. The third-order valence-electron chi connectivity index (χ3n) is 0.437. The van der Waals surface area contributed by atoms with E-state index >= 15 is 0 Å². The van der Waals surface area contributed by atoms with Crippen LogP contribution in [0.3, 0.4) is 0 Å². The lowest BCUT2D eigenvalue weighted by Crippen LogP contribution is -2.23. The van der Waals surface area contributed by atoms with E-state index in [9.17, 15) is 0 Å². The molecular weight excluding hydrogens is 92.1 g/mol. The molecule has 0 saturated carbocycles. The topological polar surface area (TPSA) is 29.5 Å². The van der Waals surface area contributed by atoms with Gasteiger partial charge in [-0.1, -0.05) is 0 Å². The van der Waals surface area contributed by atoms with Crippen molar-refractivity contribution in [2.45, 2.75) is 19.6 Å². The van der Waals surface area contributed by atoms with Crippen LogP contribution in [0.2, 0.25) is 0 Å². The van der Waals surface area contributed by atoms with Crippen molar-refractivity contribution in [2.75, 3.05) is 6.61 Å². The molecule has 0 aromatic heterocycles. The SMILES string of the molecule is [CH]C(C)(O)OCC. The summed E-state index contributed by atoms with van der Waals surface area (Å²) in [6.07, 6.45) is 0. The highest BCUT2D eigenvalue weighted by Gasteiger charge is 2.09. The van der Waals surface area contributed by atoms with Gasteiger partial charge in [0, 0.05) is 13.5 Å². The first-order valence-electron chi connectivity index (χ1n) is 2.21. The molecule has 0 aliphatic heterocycles. The maximum absolute atomic E-state index is 8.57. The number of aliphatic hydroxyl groups is 1. The molecule has 0 saturated heterocycles. The zero-order valence-corrected chi connectivity index (χ0v) is 4.64. The zero-order chi connectivity index (χ0) is 5.91. The average Bonchev–Trinajstić information content (AvgIpc) is 1.30. The quantitative estimate of drug-likeness (QED) is 0.513. The molecule has 0 aromatic carbocycles. The summed E-state index contributed by atoms with van der Waals surface area (Å²) in [5.41, 5.74) is 0. The Morgan fingerprint density at radius 1 is 1.86 bits per heavy atom. The lowest BCUT2D eigenvalue weighted by atomic mass is 10.4. The Labute approximate surface area is 44.1 Å². The van der Waals surface area contributed by atoms with Crippen LogP contribution in [-0.4, -0.2) is 17.5 Å². The summed E-state index contributed by atoms with van der Waals surface area (Å²) in [6.45, 7) is 8.56. The second-order valence-corrected chi connectivity index (χ2v) is 1.49. The molecule has 2 radical (unpaired) electrons. The fourth-order valence-electron chi connectivity index (χ4n) is 0.292. The Hall–Kier alpha value is -0.0800. The highest BCUT2D eigenvalue weighted by Crippen LogP contribution is 1.99. The molecule has 0 amide bonds. The first kappa shape index (κ1) is 6.92. The smallest absolute Gasteiger partial charge is 0.166 e. The summed E-state index contributed by atoms with van der Waals surface area (Å²) >= 11 is 0. The Morgan fingerprint density at radius 2 is 2.29 bits per heavy atom. The molecule has 1 atom stereocenters.